The summed E-state index contributed by atoms with van der Waals surface area (Å²) in [5.41, 5.74) is 5.33. The number of allylic oxidation sites excluding steroid dienone is 3. The van der Waals surface area contributed by atoms with E-state index in [1.807, 2.05) is 0 Å². The molecule has 2 nitrogen and oxygen atoms in total. The van der Waals surface area contributed by atoms with Crippen LogP contribution >= 0.6 is 27.5 Å². The summed E-state index contributed by atoms with van der Waals surface area (Å²) < 4.78 is 1.13. The molecule has 2 N–H and O–H groups in total. The third-order valence-corrected chi connectivity index (χ3v) is 5.14. The molecule has 2 aliphatic rings. The Labute approximate surface area is 137 Å². The van der Waals surface area contributed by atoms with Crippen LogP contribution in [0.4, 0.5) is 0 Å². The average molecular weight is 364 g/mol. The fraction of sp³-hybridized carbons (Fsp3) is 0.294. The van der Waals surface area contributed by atoms with Crippen molar-refractivity contribution in [3.63, 3.8) is 0 Å². The lowest BCUT2D eigenvalue weighted by atomic mass is 9.90. The van der Waals surface area contributed by atoms with E-state index in [4.69, 9.17) is 11.6 Å². The number of hydrogen-bond acceptors (Lipinski definition) is 1. The zero-order chi connectivity index (χ0) is 14.4. The molecule has 0 amide bonds. The number of nitrogens with one attached hydrogen (secondary N) is 2. The van der Waals surface area contributed by atoms with E-state index in [2.05, 4.69) is 62.7 Å². The highest BCUT2D eigenvalue weighted by atomic mass is 79.9. The smallest absolute Gasteiger partial charge is 0.0695 e. The Balaban J connectivity index is 1.83. The second-order valence-electron chi connectivity index (χ2n) is 5.69. The Bertz CT molecular complexity index is 759. The summed E-state index contributed by atoms with van der Waals surface area (Å²) in [5.74, 6) is 0. The Morgan fingerprint density at radius 2 is 2.19 bits per heavy atom. The van der Waals surface area contributed by atoms with Gasteiger partial charge in [0.1, 0.15) is 0 Å². The molecule has 1 aliphatic carbocycles. The van der Waals surface area contributed by atoms with Crippen molar-refractivity contribution in [3.05, 3.63) is 57.7 Å². The minimum atomic E-state index is 0.107. The molecule has 0 fully saturated rings. The SMILES string of the molecule is ClC1C=CC=C(C2NCCc3c2[nH]c2ccc(Br)cc32)C1. The van der Waals surface area contributed by atoms with Crippen LogP contribution in [0.25, 0.3) is 10.9 Å². The third kappa shape index (κ3) is 2.37. The van der Waals surface area contributed by atoms with E-state index in [0.717, 1.165) is 23.9 Å². The van der Waals surface area contributed by atoms with Gasteiger partial charge in [0.05, 0.1) is 11.4 Å². The zero-order valence-electron chi connectivity index (χ0n) is 11.5. The molecule has 108 valence electrons. The number of halogens is 2. The topological polar surface area (TPSA) is 27.8 Å². The summed E-state index contributed by atoms with van der Waals surface area (Å²) in [6.07, 6.45) is 8.31. The molecule has 0 bridgehead atoms. The Morgan fingerprint density at radius 1 is 1.29 bits per heavy atom. The van der Waals surface area contributed by atoms with Crippen molar-refractivity contribution < 1.29 is 0 Å². The molecular weight excluding hydrogens is 348 g/mol. The van der Waals surface area contributed by atoms with Crippen LogP contribution in [0.15, 0.2) is 46.5 Å². The van der Waals surface area contributed by atoms with Crippen molar-refractivity contribution in [3.8, 4) is 0 Å². The largest absolute Gasteiger partial charge is 0.357 e. The summed E-state index contributed by atoms with van der Waals surface area (Å²) in [5, 5.41) is 5.08. The van der Waals surface area contributed by atoms with E-state index in [0.29, 0.717) is 0 Å². The summed E-state index contributed by atoms with van der Waals surface area (Å²) in [6.45, 7) is 1.01. The molecule has 0 spiro atoms. The van der Waals surface area contributed by atoms with Crippen LogP contribution in [0.1, 0.15) is 23.7 Å². The van der Waals surface area contributed by atoms with Gasteiger partial charge in [-0.25, -0.2) is 0 Å². The maximum absolute atomic E-state index is 6.29. The maximum atomic E-state index is 6.29. The molecule has 0 saturated carbocycles. The molecule has 21 heavy (non-hydrogen) atoms. The zero-order valence-corrected chi connectivity index (χ0v) is 13.8. The van der Waals surface area contributed by atoms with E-state index in [1.54, 1.807) is 0 Å². The highest BCUT2D eigenvalue weighted by molar-refractivity contribution is 9.10. The normalized spacial score (nSPS) is 25.0. The molecule has 0 saturated heterocycles. The minimum absolute atomic E-state index is 0.107. The summed E-state index contributed by atoms with van der Waals surface area (Å²) in [7, 11) is 0. The fourth-order valence-corrected chi connectivity index (χ4v) is 4.01. The summed E-state index contributed by atoms with van der Waals surface area (Å²) in [4.78, 5) is 3.61. The summed E-state index contributed by atoms with van der Waals surface area (Å²) >= 11 is 9.86. The van der Waals surface area contributed by atoms with Crippen LogP contribution < -0.4 is 5.32 Å². The first kappa shape index (κ1) is 13.6. The first-order valence-corrected chi connectivity index (χ1v) is 8.50. The van der Waals surface area contributed by atoms with E-state index in [9.17, 15) is 0 Å². The number of aromatic nitrogens is 1. The predicted octanol–water partition coefficient (Wildman–Crippen LogP) is 4.61. The van der Waals surface area contributed by atoms with Gasteiger partial charge in [0, 0.05) is 27.6 Å². The molecule has 4 heteroatoms. The third-order valence-electron chi connectivity index (χ3n) is 4.35. The Morgan fingerprint density at radius 3 is 3.05 bits per heavy atom. The maximum Gasteiger partial charge on any atom is 0.0695 e. The van der Waals surface area contributed by atoms with Crippen LogP contribution in [0, 0.1) is 0 Å². The van der Waals surface area contributed by atoms with E-state index < -0.39 is 0 Å². The average Bonchev–Trinajstić information content (AvgIpc) is 2.85. The van der Waals surface area contributed by atoms with Gasteiger partial charge in [-0.05, 0) is 42.2 Å². The second kappa shape index (κ2) is 5.31. The van der Waals surface area contributed by atoms with E-state index >= 15 is 0 Å². The molecular formula is C17H16BrClN2. The van der Waals surface area contributed by atoms with Crippen LogP contribution in [-0.2, 0) is 6.42 Å². The van der Waals surface area contributed by atoms with Gasteiger partial charge >= 0.3 is 0 Å². The molecule has 4 rings (SSSR count). The van der Waals surface area contributed by atoms with E-state index in [-0.39, 0.29) is 11.4 Å². The molecule has 2 atom stereocenters. The standard InChI is InChI=1S/C17H16BrClN2/c18-11-4-5-15-14(9-11)13-6-7-20-16(17(13)21-15)10-2-1-3-12(19)8-10/h1-5,9,12,16,20-21H,6-8H2. The van der Waals surface area contributed by atoms with Crippen molar-refractivity contribution in [1.82, 2.24) is 10.3 Å². The predicted molar refractivity (Wildman–Crippen MR) is 91.9 cm³/mol. The Kier molecular flexibility index (Phi) is 3.44. The van der Waals surface area contributed by atoms with Gasteiger partial charge in [-0.3, -0.25) is 0 Å². The molecule has 1 aliphatic heterocycles. The fourth-order valence-electron chi connectivity index (χ4n) is 3.39. The molecule has 2 heterocycles. The van der Waals surface area contributed by atoms with Gasteiger partial charge in [-0.2, -0.15) is 0 Å². The van der Waals surface area contributed by atoms with Crippen molar-refractivity contribution in [2.45, 2.75) is 24.3 Å². The van der Waals surface area contributed by atoms with Crippen LogP contribution in [0.5, 0.6) is 0 Å². The van der Waals surface area contributed by atoms with Crippen molar-refractivity contribution >= 4 is 38.4 Å². The molecule has 1 aromatic carbocycles. The quantitative estimate of drug-likeness (QED) is 0.711. The first-order chi connectivity index (χ1) is 10.2. The summed E-state index contributed by atoms with van der Waals surface area (Å²) in [6, 6.07) is 6.71. The van der Waals surface area contributed by atoms with Gasteiger partial charge in [0.25, 0.3) is 0 Å². The van der Waals surface area contributed by atoms with Crippen LogP contribution in [0.2, 0.25) is 0 Å². The van der Waals surface area contributed by atoms with Crippen molar-refractivity contribution in [2.24, 2.45) is 0 Å². The molecule has 1 aromatic heterocycles. The number of alkyl halides is 1. The number of H-pyrrole nitrogens is 1. The van der Waals surface area contributed by atoms with Gasteiger partial charge in [-0.15, -0.1) is 11.6 Å². The van der Waals surface area contributed by atoms with Gasteiger partial charge in [-0.1, -0.05) is 34.2 Å². The van der Waals surface area contributed by atoms with Gasteiger partial charge in [0.15, 0.2) is 0 Å². The lowest BCUT2D eigenvalue weighted by Crippen LogP contribution is -2.32. The first-order valence-electron chi connectivity index (χ1n) is 7.27. The highest BCUT2D eigenvalue weighted by Gasteiger charge is 2.27. The molecule has 2 aromatic rings. The highest BCUT2D eigenvalue weighted by Crippen LogP contribution is 2.37. The monoisotopic (exact) mass is 362 g/mol. The van der Waals surface area contributed by atoms with Gasteiger partial charge in [0.2, 0.25) is 0 Å². The van der Waals surface area contributed by atoms with E-state index in [1.165, 1.54) is 27.7 Å². The minimum Gasteiger partial charge on any atom is -0.357 e. The number of hydrogen-bond donors (Lipinski definition) is 2. The second-order valence-corrected chi connectivity index (χ2v) is 7.17. The van der Waals surface area contributed by atoms with Crippen molar-refractivity contribution in [2.75, 3.05) is 6.54 Å². The lowest BCUT2D eigenvalue weighted by Gasteiger charge is -2.28. The lowest BCUT2D eigenvalue weighted by molar-refractivity contribution is 0.537. The van der Waals surface area contributed by atoms with Crippen molar-refractivity contribution in [1.29, 1.82) is 0 Å². The molecule has 2 unspecified atom stereocenters. The Hall–Kier alpha value is -1.03. The van der Waals surface area contributed by atoms with Gasteiger partial charge < -0.3 is 10.3 Å². The number of rotatable bonds is 1. The number of fused-ring (bicyclic) bond motifs is 3. The van der Waals surface area contributed by atoms with Crippen LogP contribution in [-0.4, -0.2) is 16.9 Å². The number of benzene rings is 1. The number of aromatic amines is 1. The van der Waals surface area contributed by atoms with Crippen LogP contribution in [0.3, 0.4) is 0 Å². The molecule has 0 radical (unpaired) electrons.